The van der Waals surface area contributed by atoms with Crippen LogP contribution in [0, 0.1) is 20.8 Å². The van der Waals surface area contributed by atoms with E-state index in [4.69, 9.17) is 4.52 Å². The van der Waals surface area contributed by atoms with Crippen LogP contribution in [0.25, 0.3) is 0 Å². The number of pyridine rings is 1. The zero-order valence-electron chi connectivity index (χ0n) is 14.5. The maximum atomic E-state index is 12.3. The third kappa shape index (κ3) is 3.82. The second-order valence-electron chi connectivity index (χ2n) is 6.51. The average Bonchev–Trinajstić information content (AvgIpc) is 2.89. The lowest BCUT2D eigenvalue weighted by Gasteiger charge is -2.32. The van der Waals surface area contributed by atoms with Crippen LogP contribution in [0.1, 0.15) is 45.9 Å². The van der Waals surface area contributed by atoms with Crippen LogP contribution in [0.3, 0.4) is 0 Å². The van der Waals surface area contributed by atoms with Crippen LogP contribution < -0.4 is 5.32 Å². The van der Waals surface area contributed by atoms with Crippen LogP contribution in [0.5, 0.6) is 0 Å². The second-order valence-corrected chi connectivity index (χ2v) is 6.51. The maximum absolute atomic E-state index is 12.3. The highest BCUT2D eigenvalue weighted by Gasteiger charge is 2.23. The van der Waals surface area contributed by atoms with Gasteiger partial charge in [-0.1, -0.05) is 5.16 Å². The van der Waals surface area contributed by atoms with Crippen molar-refractivity contribution in [2.24, 2.45) is 0 Å². The first-order valence-electron chi connectivity index (χ1n) is 8.40. The molecule has 0 radical (unpaired) electrons. The smallest absolute Gasteiger partial charge is 0.253 e. The minimum Gasteiger partial charge on any atom is -0.361 e. The molecule has 128 valence electrons. The summed E-state index contributed by atoms with van der Waals surface area (Å²) in [5, 5.41) is 7.13. The van der Waals surface area contributed by atoms with E-state index in [0.29, 0.717) is 5.56 Å². The number of aromatic nitrogens is 2. The third-order valence-electron chi connectivity index (χ3n) is 4.66. The number of nitrogens with one attached hydrogen (secondary N) is 1. The van der Waals surface area contributed by atoms with E-state index in [1.165, 1.54) is 5.56 Å². The number of hydrogen-bond donors (Lipinski definition) is 1. The molecular weight excluding hydrogens is 304 g/mol. The SMILES string of the molecule is Cc1ccc(C(=O)NC2CCN(Cc3c(C)noc3C)CC2)cn1. The van der Waals surface area contributed by atoms with Crippen molar-refractivity contribution >= 4 is 5.91 Å². The quantitative estimate of drug-likeness (QED) is 0.933. The van der Waals surface area contributed by atoms with Gasteiger partial charge in [-0.15, -0.1) is 0 Å². The number of amides is 1. The fourth-order valence-corrected chi connectivity index (χ4v) is 3.06. The summed E-state index contributed by atoms with van der Waals surface area (Å²) in [4.78, 5) is 18.8. The number of piperidine rings is 1. The summed E-state index contributed by atoms with van der Waals surface area (Å²) in [5.41, 5.74) is 3.69. The molecule has 0 unspecified atom stereocenters. The summed E-state index contributed by atoms with van der Waals surface area (Å²) >= 11 is 0. The summed E-state index contributed by atoms with van der Waals surface area (Å²) in [7, 11) is 0. The van der Waals surface area contributed by atoms with Crippen molar-refractivity contribution in [3.05, 3.63) is 46.6 Å². The average molecular weight is 328 g/mol. The first-order chi connectivity index (χ1) is 11.5. The maximum Gasteiger partial charge on any atom is 0.253 e. The van der Waals surface area contributed by atoms with Gasteiger partial charge in [-0.3, -0.25) is 14.7 Å². The number of rotatable bonds is 4. The lowest BCUT2D eigenvalue weighted by atomic mass is 10.0. The largest absolute Gasteiger partial charge is 0.361 e. The van der Waals surface area contributed by atoms with Crippen molar-refractivity contribution in [1.82, 2.24) is 20.4 Å². The van der Waals surface area contributed by atoms with Gasteiger partial charge in [-0.25, -0.2) is 0 Å². The Balaban J connectivity index is 1.50. The molecule has 3 heterocycles. The van der Waals surface area contributed by atoms with E-state index in [1.807, 2.05) is 32.9 Å². The minimum absolute atomic E-state index is 0.0355. The van der Waals surface area contributed by atoms with Gasteiger partial charge in [-0.05, 0) is 45.7 Å². The summed E-state index contributed by atoms with van der Waals surface area (Å²) in [6, 6.07) is 3.91. The molecule has 0 aliphatic carbocycles. The number of carbonyl (C=O) groups is 1. The molecule has 0 spiro atoms. The summed E-state index contributed by atoms with van der Waals surface area (Å²) < 4.78 is 5.23. The van der Waals surface area contributed by atoms with Crippen molar-refractivity contribution in [3.8, 4) is 0 Å². The molecule has 2 aromatic rings. The molecule has 2 aromatic heterocycles. The zero-order chi connectivity index (χ0) is 17.1. The fraction of sp³-hybridized carbons (Fsp3) is 0.500. The summed E-state index contributed by atoms with van der Waals surface area (Å²) in [5.74, 6) is 0.862. The van der Waals surface area contributed by atoms with Crippen LogP contribution in [0.2, 0.25) is 0 Å². The van der Waals surface area contributed by atoms with Crippen molar-refractivity contribution in [2.45, 2.75) is 46.2 Å². The Morgan fingerprint density at radius 3 is 2.62 bits per heavy atom. The van der Waals surface area contributed by atoms with E-state index >= 15 is 0 Å². The van der Waals surface area contributed by atoms with Crippen molar-refractivity contribution in [2.75, 3.05) is 13.1 Å². The molecule has 3 rings (SSSR count). The molecule has 24 heavy (non-hydrogen) atoms. The Hall–Kier alpha value is -2.21. The van der Waals surface area contributed by atoms with Gasteiger partial charge in [-0.2, -0.15) is 0 Å². The van der Waals surface area contributed by atoms with Crippen LogP contribution in [-0.4, -0.2) is 40.1 Å². The van der Waals surface area contributed by atoms with Gasteiger partial charge in [0.05, 0.1) is 11.3 Å². The first-order valence-corrected chi connectivity index (χ1v) is 8.40. The van der Waals surface area contributed by atoms with E-state index in [1.54, 1.807) is 6.20 Å². The Labute approximate surface area is 142 Å². The summed E-state index contributed by atoms with van der Waals surface area (Å²) in [6.45, 7) is 8.63. The van der Waals surface area contributed by atoms with Crippen LogP contribution in [0.4, 0.5) is 0 Å². The molecule has 6 heteroatoms. The molecule has 1 fully saturated rings. The molecule has 0 bridgehead atoms. The Kier molecular flexibility index (Phi) is 4.94. The standard InChI is InChI=1S/C18H24N4O2/c1-12-4-5-15(10-19-12)18(23)20-16-6-8-22(9-7-16)11-17-13(2)21-24-14(17)3/h4-5,10,16H,6-9,11H2,1-3H3,(H,20,23). The highest BCUT2D eigenvalue weighted by atomic mass is 16.5. The molecule has 0 atom stereocenters. The first kappa shape index (κ1) is 16.6. The van der Waals surface area contributed by atoms with Gasteiger partial charge in [0.2, 0.25) is 0 Å². The van der Waals surface area contributed by atoms with Gasteiger partial charge in [0.1, 0.15) is 5.76 Å². The van der Waals surface area contributed by atoms with Gasteiger partial charge < -0.3 is 9.84 Å². The number of hydrogen-bond acceptors (Lipinski definition) is 5. The number of carbonyl (C=O) groups excluding carboxylic acids is 1. The Morgan fingerprint density at radius 1 is 1.29 bits per heavy atom. The Bertz CT molecular complexity index is 681. The van der Waals surface area contributed by atoms with Crippen LogP contribution in [-0.2, 0) is 6.54 Å². The van der Waals surface area contributed by atoms with Crippen molar-refractivity contribution in [1.29, 1.82) is 0 Å². The predicted molar refractivity (Wildman–Crippen MR) is 90.7 cm³/mol. The highest BCUT2D eigenvalue weighted by Crippen LogP contribution is 2.18. The molecule has 1 N–H and O–H groups in total. The van der Waals surface area contributed by atoms with Crippen molar-refractivity contribution in [3.63, 3.8) is 0 Å². The molecule has 0 aromatic carbocycles. The van der Waals surface area contributed by atoms with Crippen LogP contribution >= 0.6 is 0 Å². The van der Waals surface area contributed by atoms with Gasteiger partial charge in [0.25, 0.3) is 5.91 Å². The number of likely N-dealkylation sites (tertiary alicyclic amines) is 1. The number of nitrogens with zero attached hydrogens (tertiary/aromatic N) is 3. The van der Waals surface area contributed by atoms with Crippen LogP contribution in [0.15, 0.2) is 22.9 Å². The molecule has 1 saturated heterocycles. The molecule has 6 nitrogen and oxygen atoms in total. The van der Waals surface area contributed by atoms with E-state index in [2.05, 4.69) is 20.4 Å². The molecule has 0 saturated carbocycles. The predicted octanol–water partition coefficient (Wildman–Crippen LogP) is 2.39. The van der Waals surface area contributed by atoms with Gasteiger partial charge in [0, 0.05) is 43.1 Å². The van der Waals surface area contributed by atoms with Gasteiger partial charge in [0.15, 0.2) is 0 Å². The second kappa shape index (κ2) is 7.13. The van der Waals surface area contributed by atoms with Crippen molar-refractivity contribution < 1.29 is 9.32 Å². The monoisotopic (exact) mass is 328 g/mol. The van der Waals surface area contributed by atoms with E-state index in [0.717, 1.165) is 49.6 Å². The molecule has 1 aliphatic heterocycles. The lowest BCUT2D eigenvalue weighted by Crippen LogP contribution is -2.44. The zero-order valence-corrected chi connectivity index (χ0v) is 14.5. The molecule has 1 aliphatic rings. The highest BCUT2D eigenvalue weighted by molar-refractivity contribution is 5.94. The lowest BCUT2D eigenvalue weighted by molar-refractivity contribution is 0.0908. The topological polar surface area (TPSA) is 71.3 Å². The van der Waals surface area contributed by atoms with E-state index in [9.17, 15) is 4.79 Å². The normalized spacial score (nSPS) is 16.3. The molecular formula is C18H24N4O2. The Morgan fingerprint density at radius 2 is 2.04 bits per heavy atom. The van der Waals surface area contributed by atoms with E-state index in [-0.39, 0.29) is 11.9 Å². The number of aryl methyl sites for hydroxylation is 3. The fourth-order valence-electron chi connectivity index (χ4n) is 3.06. The third-order valence-corrected chi connectivity index (χ3v) is 4.66. The summed E-state index contributed by atoms with van der Waals surface area (Å²) in [6.07, 6.45) is 3.54. The molecule has 1 amide bonds. The van der Waals surface area contributed by atoms with Gasteiger partial charge >= 0.3 is 0 Å². The van der Waals surface area contributed by atoms with E-state index < -0.39 is 0 Å². The minimum atomic E-state index is -0.0355.